The molecular formula is C16H11IN2O3S. The summed E-state index contributed by atoms with van der Waals surface area (Å²) in [5.74, 6) is -0.576. The standard InChI is InChI=1S/C16H11IN2O3S/c1-9-2-4-10(5-3-9)19-15(21)12(14(20)18-16(19)23)8-11-6-7-13(17)22-11/h2-8H,1H3,(H,18,20,23)/b12-8+. The zero-order valence-electron chi connectivity index (χ0n) is 12.0. The third kappa shape index (κ3) is 3.20. The van der Waals surface area contributed by atoms with Crippen LogP contribution in [-0.4, -0.2) is 16.9 Å². The lowest BCUT2D eigenvalue weighted by atomic mass is 10.1. The van der Waals surface area contributed by atoms with Crippen LogP contribution in [0.15, 0.2) is 46.4 Å². The van der Waals surface area contributed by atoms with E-state index in [-0.39, 0.29) is 10.7 Å². The fourth-order valence-electron chi connectivity index (χ4n) is 2.13. The zero-order chi connectivity index (χ0) is 16.6. The SMILES string of the molecule is Cc1ccc(N2C(=O)/C(=C/c3ccc(I)o3)C(=O)NC2=S)cc1. The molecule has 2 heterocycles. The molecule has 0 unspecified atom stereocenters. The van der Waals surface area contributed by atoms with E-state index in [0.29, 0.717) is 15.2 Å². The largest absolute Gasteiger partial charge is 0.451 e. The Morgan fingerprint density at radius 3 is 2.48 bits per heavy atom. The Kier molecular flexibility index (Phi) is 4.31. The molecule has 2 amide bonds. The van der Waals surface area contributed by atoms with Gasteiger partial charge in [0.05, 0.1) is 5.69 Å². The normalized spacial score (nSPS) is 16.9. The molecule has 3 rings (SSSR count). The zero-order valence-corrected chi connectivity index (χ0v) is 15.0. The monoisotopic (exact) mass is 438 g/mol. The second-order valence-electron chi connectivity index (χ2n) is 4.94. The van der Waals surface area contributed by atoms with Crippen LogP contribution in [0.25, 0.3) is 6.08 Å². The van der Waals surface area contributed by atoms with Crippen molar-refractivity contribution in [2.75, 3.05) is 4.90 Å². The first-order chi connectivity index (χ1) is 11.0. The number of nitrogens with zero attached hydrogens (tertiary/aromatic N) is 1. The first kappa shape index (κ1) is 15.9. The Morgan fingerprint density at radius 1 is 1.17 bits per heavy atom. The van der Waals surface area contributed by atoms with Gasteiger partial charge in [0.2, 0.25) is 0 Å². The highest BCUT2D eigenvalue weighted by atomic mass is 127. The lowest BCUT2D eigenvalue weighted by molar-refractivity contribution is -0.122. The smallest absolute Gasteiger partial charge is 0.270 e. The van der Waals surface area contributed by atoms with Gasteiger partial charge in [-0.2, -0.15) is 0 Å². The molecule has 2 aromatic rings. The number of anilines is 1. The van der Waals surface area contributed by atoms with Gasteiger partial charge < -0.3 is 4.42 Å². The third-order valence-electron chi connectivity index (χ3n) is 3.27. The van der Waals surface area contributed by atoms with Crippen LogP contribution in [0.2, 0.25) is 0 Å². The van der Waals surface area contributed by atoms with Crippen LogP contribution in [0.1, 0.15) is 11.3 Å². The van der Waals surface area contributed by atoms with E-state index < -0.39 is 11.8 Å². The van der Waals surface area contributed by atoms with Gasteiger partial charge in [0.15, 0.2) is 8.88 Å². The fourth-order valence-corrected chi connectivity index (χ4v) is 2.85. The predicted molar refractivity (Wildman–Crippen MR) is 98.8 cm³/mol. The Morgan fingerprint density at radius 2 is 1.87 bits per heavy atom. The van der Waals surface area contributed by atoms with Crippen molar-refractivity contribution in [2.45, 2.75) is 6.92 Å². The van der Waals surface area contributed by atoms with Crippen LogP contribution < -0.4 is 10.2 Å². The van der Waals surface area contributed by atoms with Crippen LogP contribution in [0.5, 0.6) is 0 Å². The minimum atomic E-state index is -0.533. The summed E-state index contributed by atoms with van der Waals surface area (Å²) in [5, 5.41) is 2.60. The Balaban J connectivity index is 2.00. The summed E-state index contributed by atoms with van der Waals surface area (Å²) in [6.45, 7) is 1.95. The van der Waals surface area contributed by atoms with E-state index in [1.54, 1.807) is 24.3 Å². The third-order valence-corrected chi connectivity index (χ3v) is 4.14. The summed E-state index contributed by atoms with van der Waals surface area (Å²) in [5.41, 5.74) is 1.64. The van der Waals surface area contributed by atoms with Gasteiger partial charge in [-0.15, -0.1) is 0 Å². The molecule has 1 N–H and O–H groups in total. The van der Waals surface area contributed by atoms with Crippen LogP contribution in [0.3, 0.4) is 0 Å². The van der Waals surface area contributed by atoms with Gasteiger partial charge >= 0.3 is 0 Å². The van der Waals surface area contributed by atoms with Gasteiger partial charge in [0.1, 0.15) is 11.3 Å². The highest BCUT2D eigenvalue weighted by molar-refractivity contribution is 14.1. The van der Waals surface area contributed by atoms with Crippen molar-refractivity contribution in [3.63, 3.8) is 0 Å². The fraction of sp³-hybridized carbons (Fsp3) is 0.0625. The number of hydrogen-bond donors (Lipinski definition) is 1. The van der Waals surface area contributed by atoms with E-state index in [0.717, 1.165) is 5.56 Å². The number of carbonyl (C=O) groups is 2. The molecule has 1 aliphatic rings. The molecule has 0 aliphatic carbocycles. The van der Waals surface area contributed by atoms with Gasteiger partial charge in [-0.1, -0.05) is 17.7 Å². The molecule has 7 heteroatoms. The minimum absolute atomic E-state index is 0.0232. The predicted octanol–water partition coefficient (Wildman–Crippen LogP) is 3.02. The number of hydrogen-bond acceptors (Lipinski definition) is 4. The molecule has 5 nitrogen and oxygen atoms in total. The first-order valence-electron chi connectivity index (χ1n) is 6.69. The Labute approximate surface area is 151 Å². The van der Waals surface area contributed by atoms with E-state index in [9.17, 15) is 9.59 Å². The van der Waals surface area contributed by atoms with Crippen molar-refractivity contribution in [3.05, 3.63) is 57.1 Å². The summed E-state index contributed by atoms with van der Waals surface area (Å²) < 4.78 is 6.06. The molecule has 0 atom stereocenters. The first-order valence-corrected chi connectivity index (χ1v) is 8.18. The number of aryl methyl sites for hydroxylation is 1. The molecule has 1 saturated heterocycles. The summed E-state index contributed by atoms with van der Waals surface area (Å²) in [7, 11) is 0. The molecule has 23 heavy (non-hydrogen) atoms. The summed E-state index contributed by atoms with van der Waals surface area (Å²) in [6, 6.07) is 10.8. The number of benzene rings is 1. The Bertz CT molecular complexity index is 839. The highest BCUT2D eigenvalue weighted by Crippen LogP contribution is 2.23. The van der Waals surface area contributed by atoms with Crippen molar-refractivity contribution >= 4 is 63.5 Å². The van der Waals surface area contributed by atoms with Crippen LogP contribution >= 0.6 is 34.8 Å². The summed E-state index contributed by atoms with van der Waals surface area (Å²) in [4.78, 5) is 26.1. The molecule has 1 aromatic heterocycles. The second kappa shape index (κ2) is 6.25. The number of amides is 2. The molecular weight excluding hydrogens is 427 g/mol. The minimum Gasteiger partial charge on any atom is -0.451 e. The molecule has 1 aromatic carbocycles. The van der Waals surface area contributed by atoms with Gasteiger partial charge in [0.25, 0.3) is 11.8 Å². The number of furan rings is 1. The summed E-state index contributed by atoms with van der Waals surface area (Å²) in [6.07, 6.45) is 1.42. The van der Waals surface area contributed by atoms with Gasteiger partial charge in [-0.05, 0) is 72.1 Å². The number of halogens is 1. The quantitative estimate of drug-likeness (QED) is 0.339. The van der Waals surface area contributed by atoms with Crippen molar-refractivity contribution < 1.29 is 14.0 Å². The van der Waals surface area contributed by atoms with E-state index in [1.165, 1.54) is 11.0 Å². The van der Waals surface area contributed by atoms with Crippen LogP contribution in [0.4, 0.5) is 5.69 Å². The van der Waals surface area contributed by atoms with Gasteiger partial charge in [-0.3, -0.25) is 19.8 Å². The topological polar surface area (TPSA) is 62.6 Å². The maximum Gasteiger partial charge on any atom is 0.270 e. The molecule has 0 radical (unpaired) electrons. The van der Waals surface area contributed by atoms with E-state index in [1.807, 2.05) is 41.6 Å². The number of rotatable bonds is 2. The summed E-state index contributed by atoms with van der Waals surface area (Å²) >= 11 is 7.15. The van der Waals surface area contributed by atoms with Crippen molar-refractivity contribution in [1.29, 1.82) is 0 Å². The van der Waals surface area contributed by atoms with Crippen LogP contribution in [-0.2, 0) is 9.59 Å². The van der Waals surface area contributed by atoms with E-state index in [4.69, 9.17) is 16.6 Å². The Hall–Kier alpha value is -2.00. The maximum absolute atomic E-state index is 12.7. The lowest BCUT2D eigenvalue weighted by Crippen LogP contribution is -2.54. The van der Waals surface area contributed by atoms with Crippen molar-refractivity contribution in [2.24, 2.45) is 0 Å². The molecule has 0 bridgehead atoms. The number of carbonyl (C=O) groups excluding carboxylic acids is 2. The highest BCUT2D eigenvalue weighted by Gasteiger charge is 2.34. The lowest BCUT2D eigenvalue weighted by Gasteiger charge is -2.28. The second-order valence-corrected chi connectivity index (χ2v) is 6.39. The number of thiocarbonyl (C=S) groups is 1. The maximum atomic E-state index is 12.7. The van der Waals surface area contributed by atoms with Gasteiger partial charge in [0, 0.05) is 0 Å². The molecule has 0 saturated carbocycles. The van der Waals surface area contributed by atoms with Crippen molar-refractivity contribution in [1.82, 2.24) is 5.32 Å². The molecule has 0 spiro atoms. The van der Waals surface area contributed by atoms with Crippen LogP contribution in [0, 0.1) is 10.7 Å². The van der Waals surface area contributed by atoms with Crippen molar-refractivity contribution in [3.8, 4) is 0 Å². The van der Waals surface area contributed by atoms with E-state index >= 15 is 0 Å². The van der Waals surface area contributed by atoms with Gasteiger partial charge in [-0.25, -0.2) is 0 Å². The number of nitrogens with one attached hydrogen (secondary N) is 1. The molecule has 116 valence electrons. The molecule has 1 aliphatic heterocycles. The average Bonchev–Trinajstić information content (AvgIpc) is 2.91. The average molecular weight is 438 g/mol. The van der Waals surface area contributed by atoms with E-state index in [2.05, 4.69) is 5.32 Å². The molecule has 1 fully saturated rings.